The van der Waals surface area contributed by atoms with Gasteiger partial charge in [0.05, 0.1) is 36.4 Å². The number of rotatable bonds is 6. The van der Waals surface area contributed by atoms with Crippen molar-refractivity contribution < 1.29 is 23.7 Å². The van der Waals surface area contributed by atoms with Crippen LogP contribution >= 0.6 is 11.6 Å². The summed E-state index contributed by atoms with van der Waals surface area (Å²) in [6.07, 6.45) is 0.486. The van der Waals surface area contributed by atoms with E-state index in [9.17, 15) is 4.79 Å². The van der Waals surface area contributed by atoms with E-state index in [-0.39, 0.29) is 24.2 Å². The fourth-order valence-corrected chi connectivity index (χ4v) is 2.81. The van der Waals surface area contributed by atoms with Gasteiger partial charge in [-0.3, -0.25) is 4.79 Å². The maximum absolute atomic E-state index is 12.6. The van der Waals surface area contributed by atoms with Crippen LogP contribution in [0.3, 0.4) is 0 Å². The Morgan fingerprint density at radius 3 is 2.71 bits per heavy atom. The van der Waals surface area contributed by atoms with Crippen LogP contribution in [0.2, 0.25) is 5.02 Å². The van der Waals surface area contributed by atoms with Gasteiger partial charge < -0.3 is 24.3 Å². The number of methoxy groups -OCH3 is 2. The van der Waals surface area contributed by atoms with E-state index in [4.69, 9.17) is 30.5 Å². The second-order valence-corrected chi connectivity index (χ2v) is 6.27. The summed E-state index contributed by atoms with van der Waals surface area (Å²) in [5.74, 6) is 0.701. The van der Waals surface area contributed by atoms with Gasteiger partial charge in [0.1, 0.15) is 6.10 Å². The first kappa shape index (κ1) is 18.8. The number of halogens is 1. The fourth-order valence-electron chi connectivity index (χ4n) is 2.57. The quantitative estimate of drug-likeness (QED) is 0.847. The zero-order valence-electron chi connectivity index (χ0n) is 14.4. The van der Waals surface area contributed by atoms with Crippen LogP contribution < -0.4 is 14.8 Å². The third-order valence-corrected chi connectivity index (χ3v) is 4.10. The van der Waals surface area contributed by atoms with E-state index in [0.717, 1.165) is 0 Å². The highest BCUT2D eigenvalue weighted by Crippen LogP contribution is 2.34. The Labute approximate surface area is 147 Å². The summed E-state index contributed by atoms with van der Waals surface area (Å²) in [7, 11) is 3.13. The minimum Gasteiger partial charge on any atom is -0.493 e. The lowest BCUT2D eigenvalue weighted by Crippen LogP contribution is -2.49. The molecule has 1 amide bonds. The van der Waals surface area contributed by atoms with Crippen molar-refractivity contribution in [1.82, 2.24) is 5.32 Å². The van der Waals surface area contributed by atoms with E-state index >= 15 is 0 Å². The molecule has 0 aromatic heterocycles. The molecule has 1 N–H and O–H groups in total. The number of amides is 1. The van der Waals surface area contributed by atoms with Crippen LogP contribution in [-0.4, -0.2) is 51.6 Å². The number of nitrogens with one attached hydrogen (secondary N) is 1. The molecule has 1 aromatic rings. The zero-order chi connectivity index (χ0) is 17.7. The predicted molar refractivity (Wildman–Crippen MR) is 91.3 cm³/mol. The minimum atomic E-state index is -0.275. The van der Waals surface area contributed by atoms with E-state index in [0.29, 0.717) is 41.7 Å². The molecule has 0 saturated carbocycles. The first-order valence-corrected chi connectivity index (χ1v) is 8.29. The van der Waals surface area contributed by atoms with Crippen LogP contribution in [0.1, 0.15) is 30.6 Å². The highest BCUT2D eigenvalue weighted by molar-refractivity contribution is 6.34. The average Bonchev–Trinajstić information content (AvgIpc) is 2.55. The number of benzene rings is 1. The van der Waals surface area contributed by atoms with Crippen LogP contribution in [0.5, 0.6) is 11.5 Å². The Balaban J connectivity index is 2.19. The van der Waals surface area contributed by atoms with Crippen LogP contribution in [0.25, 0.3) is 0 Å². The molecule has 7 heteroatoms. The van der Waals surface area contributed by atoms with E-state index in [1.807, 2.05) is 13.8 Å². The lowest BCUT2D eigenvalue weighted by Gasteiger charge is -2.31. The molecule has 0 aliphatic carbocycles. The van der Waals surface area contributed by atoms with Crippen molar-refractivity contribution in [3.63, 3.8) is 0 Å². The van der Waals surface area contributed by atoms with Crippen molar-refractivity contribution in [1.29, 1.82) is 0 Å². The van der Waals surface area contributed by atoms with Crippen LogP contribution in [-0.2, 0) is 9.47 Å². The molecular formula is C17H24ClNO5. The van der Waals surface area contributed by atoms with Crippen LogP contribution in [0, 0.1) is 0 Å². The molecule has 24 heavy (non-hydrogen) atoms. The highest BCUT2D eigenvalue weighted by atomic mass is 35.5. The summed E-state index contributed by atoms with van der Waals surface area (Å²) in [5.41, 5.74) is 0.339. The number of hydrogen-bond donors (Lipinski definition) is 1. The van der Waals surface area contributed by atoms with E-state index in [1.54, 1.807) is 19.2 Å². The summed E-state index contributed by atoms with van der Waals surface area (Å²) in [6, 6.07) is 3.08. The van der Waals surface area contributed by atoms with Gasteiger partial charge in [-0.2, -0.15) is 0 Å². The molecule has 0 unspecified atom stereocenters. The summed E-state index contributed by atoms with van der Waals surface area (Å²) in [4.78, 5) is 12.6. The van der Waals surface area contributed by atoms with E-state index < -0.39 is 0 Å². The largest absolute Gasteiger partial charge is 0.493 e. The summed E-state index contributed by atoms with van der Waals surface area (Å²) in [6.45, 7) is 4.86. The van der Waals surface area contributed by atoms with Crippen LogP contribution in [0.4, 0.5) is 0 Å². The van der Waals surface area contributed by atoms with Gasteiger partial charge in [0, 0.05) is 19.8 Å². The maximum Gasteiger partial charge on any atom is 0.253 e. The predicted octanol–water partition coefficient (Wildman–Crippen LogP) is 2.67. The van der Waals surface area contributed by atoms with E-state index in [2.05, 4.69) is 5.32 Å². The number of carbonyl (C=O) groups excluding carboxylic acids is 1. The number of ether oxygens (including phenoxy) is 4. The lowest BCUT2D eigenvalue weighted by molar-refractivity contribution is -0.0479. The number of carbonyl (C=O) groups is 1. The Morgan fingerprint density at radius 2 is 2.08 bits per heavy atom. The third-order valence-electron chi connectivity index (χ3n) is 3.78. The summed E-state index contributed by atoms with van der Waals surface area (Å²) < 4.78 is 21.7. The Hall–Kier alpha value is -1.50. The third kappa shape index (κ3) is 4.53. The molecule has 1 aromatic carbocycles. The average molecular weight is 358 g/mol. The normalized spacial score (nSPS) is 20.8. The highest BCUT2D eigenvalue weighted by Gasteiger charge is 2.28. The zero-order valence-corrected chi connectivity index (χ0v) is 15.2. The molecule has 0 spiro atoms. The molecule has 2 rings (SSSR count). The van der Waals surface area contributed by atoms with Gasteiger partial charge in [-0.15, -0.1) is 0 Å². The van der Waals surface area contributed by atoms with Gasteiger partial charge >= 0.3 is 0 Å². The van der Waals surface area contributed by atoms with Crippen LogP contribution in [0.15, 0.2) is 12.1 Å². The van der Waals surface area contributed by atoms with Crippen molar-refractivity contribution >= 4 is 17.5 Å². The van der Waals surface area contributed by atoms with Crippen molar-refractivity contribution in [3.05, 3.63) is 22.7 Å². The maximum atomic E-state index is 12.6. The molecule has 2 atom stereocenters. The van der Waals surface area contributed by atoms with Crippen molar-refractivity contribution in [3.8, 4) is 11.5 Å². The number of hydrogen-bond acceptors (Lipinski definition) is 5. The molecular weight excluding hydrogens is 334 g/mol. The van der Waals surface area contributed by atoms with Gasteiger partial charge in [-0.25, -0.2) is 0 Å². The Kier molecular flexibility index (Phi) is 6.71. The first-order chi connectivity index (χ1) is 11.5. The first-order valence-electron chi connectivity index (χ1n) is 7.91. The fraction of sp³-hybridized carbons (Fsp3) is 0.588. The molecule has 0 radical (unpaired) electrons. The standard InChI is InChI=1S/C17H24ClNO5/c1-10(2)24-15-8-12(18)11(7-14(15)21-3)17(20)19-13-5-6-23-9-16(13)22-4/h7-8,10,13,16H,5-6,9H2,1-4H3,(H,19,20)/t13-,16-/m1/s1. The summed E-state index contributed by atoms with van der Waals surface area (Å²) >= 11 is 6.27. The molecule has 6 nitrogen and oxygen atoms in total. The molecule has 0 bridgehead atoms. The van der Waals surface area contributed by atoms with E-state index in [1.165, 1.54) is 7.11 Å². The second kappa shape index (κ2) is 8.55. The smallest absolute Gasteiger partial charge is 0.253 e. The molecule has 134 valence electrons. The molecule has 1 heterocycles. The molecule has 1 aliphatic rings. The van der Waals surface area contributed by atoms with Crippen molar-refractivity contribution in [2.24, 2.45) is 0 Å². The summed E-state index contributed by atoms with van der Waals surface area (Å²) in [5, 5.41) is 3.27. The molecule has 1 saturated heterocycles. The SMILES string of the molecule is COc1cc(C(=O)N[C@@H]2CCOC[C@H]2OC)c(Cl)cc1OC(C)C. The Morgan fingerprint density at radius 1 is 1.33 bits per heavy atom. The molecule has 1 aliphatic heterocycles. The van der Waals surface area contributed by atoms with Crippen molar-refractivity contribution in [2.45, 2.75) is 38.5 Å². The van der Waals surface area contributed by atoms with Gasteiger partial charge in [0.2, 0.25) is 0 Å². The second-order valence-electron chi connectivity index (χ2n) is 5.87. The van der Waals surface area contributed by atoms with Gasteiger partial charge in [0.25, 0.3) is 5.91 Å². The Bertz CT molecular complexity index is 578. The minimum absolute atomic E-state index is 0.0284. The van der Waals surface area contributed by atoms with Crippen molar-refractivity contribution in [2.75, 3.05) is 27.4 Å². The monoisotopic (exact) mass is 357 g/mol. The van der Waals surface area contributed by atoms with Gasteiger partial charge in [-0.1, -0.05) is 11.6 Å². The van der Waals surface area contributed by atoms with Gasteiger partial charge in [-0.05, 0) is 26.3 Å². The molecule has 1 fully saturated rings. The lowest BCUT2D eigenvalue weighted by atomic mass is 10.1. The van der Waals surface area contributed by atoms with Gasteiger partial charge in [0.15, 0.2) is 11.5 Å². The topological polar surface area (TPSA) is 66.0 Å².